The van der Waals surface area contributed by atoms with Crippen molar-refractivity contribution in [1.29, 1.82) is 0 Å². The molecule has 0 aliphatic carbocycles. The van der Waals surface area contributed by atoms with E-state index in [2.05, 4.69) is 4.99 Å². The standard InChI is InChI=1S/C16H15NO2/c18-15(12-7-3-1-4-8-12)14-11-17-16(19-14)13-9-5-2-6-10-13/h1-10,14-15,18H,11H2/t14-,15-/m0/s1. The summed E-state index contributed by atoms with van der Waals surface area (Å²) in [5, 5.41) is 10.3. The highest BCUT2D eigenvalue weighted by atomic mass is 16.5. The monoisotopic (exact) mass is 253 g/mol. The largest absolute Gasteiger partial charge is 0.469 e. The molecule has 19 heavy (non-hydrogen) atoms. The third-order valence-corrected chi connectivity index (χ3v) is 3.19. The molecule has 1 N–H and O–H groups in total. The molecule has 3 heteroatoms. The summed E-state index contributed by atoms with van der Waals surface area (Å²) in [6.07, 6.45) is -0.955. The summed E-state index contributed by atoms with van der Waals surface area (Å²) in [6, 6.07) is 19.3. The molecule has 3 rings (SSSR count). The van der Waals surface area contributed by atoms with Crippen molar-refractivity contribution in [3.8, 4) is 0 Å². The van der Waals surface area contributed by atoms with E-state index in [1.54, 1.807) is 0 Å². The Morgan fingerprint density at radius 1 is 1.00 bits per heavy atom. The molecule has 1 aliphatic heterocycles. The van der Waals surface area contributed by atoms with Crippen molar-refractivity contribution in [3.63, 3.8) is 0 Å². The van der Waals surface area contributed by atoms with Gasteiger partial charge in [0, 0.05) is 5.56 Å². The fourth-order valence-corrected chi connectivity index (χ4v) is 2.16. The number of aliphatic hydroxyl groups is 1. The average molecular weight is 253 g/mol. The lowest BCUT2D eigenvalue weighted by molar-refractivity contribution is 0.0460. The number of ether oxygens (including phenoxy) is 1. The molecule has 0 saturated heterocycles. The number of aliphatic hydroxyl groups excluding tert-OH is 1. The van der Waals surface area contributed by atoms with Crippen LogP contribution < -0.4 is 0 Å². The summed E-state index contributed by atoms with van der Waals surface area (Å²) in [5.74, 6) is 0.612. The van der Waals surface area contributed by atoms with Crippen LogP contribution in [0.2, 0.25) is 0 Å². The van der Waals surface area contributed by atoms with E-state index in [-0.39, 0.29) is 6.10 Å². The van der Waals surface area contributed by atoms with Crippen LogP contribution in [-0.4, -0.2) is 23.7 Å². The van der Waals surface area contributed by atoms with Crippen LogP contribution in [0, 0.1) is 0 Å². The van der Waals surface area contributed by atoms with Crippen LogP contribution in [0.5, 0.6) is 0 Å². The van der Waals surface area contributed by atoms with Crippen LogP contribution in [0.1, 0.15) is 17.2 Å². The lowest BCUT2D eigenvalue weighted by Crippen LogP contribution is -2.22. The molecular formula is C16H15NO2. The Kier molecular flexibility index (Phi) is 3.29. The van der Waals surface area contributed by atoms with Gasteiger partial charge in [-0.3, -0.25) is 0 Å². The van der Waals surface area contributed by atoms with E-state index in [1.807, 2.05) is 60.7 Å². The number of nitrogens with zero attached hydrogens (tertiary/aromatic N) is 1. The molecule has 2 atom stereocenters. The Hall–Kier alpha value is -2.13. The van der Waals surface area contributed by atoms with Gasteiger partial charge < -0.3 is 9.84 Å². The van der Waals surface area contributed by atoms with Gasteiger partial charge in [0.15, 0.2) is 0 Å². The van der Waals surface area contributed by atoms with E-state index in [0.29, 0.717) is 12.4 Å². The fraction of sp³-hybridized carbons (Fsp3) is 0.188. The Bertz CT molecular complexity index is 566. The lowest BCUT2D eigenvalue weighted by Gasteiger charge is -2.18. The van der Waals surface area contributed by atoms with Crippen molar-refractivity contribution in [2.24, 2.45) is 4.99 Å². The van der Waals surface area contributed by atoms with Crippen LogP contribution in [0.3, 0.4) is 0 Å². The normalized spacial score (nSPS) is 19.6. The van der Waals surface area contributed by atoms with Gasteiger partial charge in [0.2, 0.25) is 5.90 Å². The number of hydrogen-bond donors (Lipinski definition) is 1. The van der Waals surface area contributed by atoms with Crippen molar-refractivity contribution >= 4 is 5.90 Å². The Morgan fingerprint density at radius 3 is 2.32 bits per heavy atom. The molecule has 2 aromatic rings. The van der Waals surface area contributed by atoms with Crippen LogP contribution in [0.4, 0.5) is 0 Å². The maximum absolute atomic E-state index is 10.3. The predicted molar refractivity (Wildman–Crippen MR) is 74.1 cm³/mol. The molecule has 0 aromatic heterocycles. The molecule has 0 unspecified atom stereocenters. The molecule has 0 radical (unpaired) electrons. The zero-order valence-electron chi connectivity index (χ0n) is 10.4. The van der Waals surface area contributed by atoms with Gasteiger partial charge in [-0.1, -0.05) is 48.5 Å². The van der Waals surface area contributed by atoms with Gasteiger partial charge in [0.1, 0.15) is 12.2 Å². The van der Waals surface area contributed by atoms with E-state index in [0.717, 1.165) is 11.1 Å². The first kappa shape index (κ1) is 11.9. The minimum absolute atomic E-state index is 0.308. The second-order valence-corrected chi connectivity index (χ2v) is 4.52. The van der Waals surface area contributed by atoms with Crippen molar-refractivity contribution in [3.05, 3.63) is 71.8 Å². The molecule has 2 aromatic carbocycles. The Morgan fingerprint density at radius 2 is 1.63 bits per heavy atom. The maximum atomic E-state index is 10.3. The molecule has 1 aliphatic rings. The number of benzene rings is 2. The van der Waals surface area contributed by atoms with Crippen molar-refractivity contribution < 1.29 is 9.84 Å². The minimum Gasteiger partial charge on any atom is -0.469 e. The molecule has 0 spiro atoms. The van der Waals surface area contributed by atoms with Crippen LogP contribution in [0.25, 0.3) is 0 Å². The van der Waals surface area contributed by atoms with Crippen LogP contribution >= 0.6 is 0 Å². The predicted octanol–water partition coefficient (Wildman–Crippen LogP) is 2.57. The first-order valence-corrected chi connectivity index (χ1v) is 6.34. The van der Waals surface area contributed by atoms with Crippen molar-refractivity contribution in [2.45, 2.75) is 12.2 Å². The topological polar surface area (TPSA) is 41.8 Å². The number of rotatable bonds is 3. The summed E-state index contributed by atoms with van der Waals surface area (Å²) in [7, 11) is 0. The summed E-state index contributed by atoms with van der Waals surface area (Å²) >= 11 is 0. The molecule has 3 nitrogen and oxygen atoms in total. The van der Waals surface area contributed by atoms with Gasteiger partial charge >= 0.3 is 0 Å². The molecule has 0 amide bonds. The Labute approximate surface area is 112 Å². The van der Waals surface area contributed by atoms with Crippen LogP contribution in [0.15, 0.2) is 65.7 Å². The summed E-state index contributed by atoms with van der Waals surface area (Å²) in [4.78, 5) is 4.37. The van der Waals surface area contributed by atoms with E-state index in [1.165, 1.54) is 0 Å². The maximum Gasteiger partial charge on any atom is 0.216 e. The summed E-state index contributed by atoms with van der Waals surface area (Å²) < 4.78 is 5.76. The number of aliphatic imine (C=N–C) groups is 1. The molecular weight excluding hydrogens is 238 g/mol. The molecule has 0 bridgehead atoms. The second kappa shape index (κ2) is 5.24. The zero-order valence-corrected chi connectivity index (χ0v) is 10.4. The van der Waals surface area contributed by atoms with Gasteiger partial charge in [-0.05, 0) is 17.7 Å². The molecule has 1 heterocycles. The number of hydrogen-bond acceptors (Lipinski definition) is 3. The second-order valence-electron chi connectivity index (χ2n) is 4.52. The quantitative estimate of drug-likeness (QED) is 0.913. The van der Waals surface area contributed by atoms with Gasteiger partial charge in [-0.25, -0.2) is 4.99 Å². The minimum atomic E-state index is -0.647. The van der Waals surface area contributed by atoms with E-state index < -0.39 is 6.10 Å². The van der Waals surface area contributed by atoms with Gasteiger partial charge in [-0.2, -0.15) is 0 Å². The summed E-state index contributed by atoms with van der Waals surface area (Å²) in [5.41, 5.74) is 1.81. The molecule has 0 saturated carbocycles. The first-order valence-electron chi connectivity index (χ1n) is 6.34. The van der Waals surface area contributed by atoms with E-state index in [9.17, 15) is 5.11 Å². The summed E-state index contributed by atoms with van der Waals surface area (Å²) in [6.45, 7) is 0.486. The molecule has 0 fully saturated rings. The van der Waals surface area contributed by atoms with Gasteiger partial charge in [-0.15, -0.1) is 0 Å². The van der Waals surface area contributed by atoms with Crippen LogP contribution in [-0.2, 0) is 4.74 Å². The Balaban J connectivity index is 1.72. The smallest absolute Gasteiger partial charge is 0.216 e. The lowest BCUT2D eigenvalue weighted by atomic mass is 10.0. The highest BCUT2D eigenvalue weighted by Gasteiger charge is 2.28. The van der Waals surface area contributed by atoms with E-state index in [4.69, 9.17) is 4.74 Å². The zero-order chi connectivity index (χ0) is 13.1. The fourth-order valence-electron chi connectivity index (χ4n) is 2.16. The van der Waals surface area contributed by atoms with Gasteiger partial charge in [0.25, 0.3) is 0 Å². The molecule has 96 valence electrons. The third-order valence-electron chi connectivity index (χ3n) is 3.19. The van der Waals surface area contributed by atoms with Gasteiger partial charge in [0.05, 0.1) is 6.54 Å². The SMILES string of the molecule is O[C@@H](c1ccccc1)[C@@H]1CN=C(c2ccccc2)O1. The average Bonchev–Trinajstić information content (AvgIpc) is 2.98. The highest BCUT2D eigenvalue weighted by molar-refractivity contribution is 5.95. The first-order chi connectivity index (χ1) is 9.34. The van der Waals surface area contributed by atoms with Crippen molar-refractivity contribution in [2.75, 3.05) is 6.54 Å². The highest BCUT2D eigenvalue weighted by Crippen LogP contribution is 2.24. The van der Waals surface area contributed by atoms with E-state index >= 15 is 0 Å². The third kappa shape index (κ3) is 2.51. The van der Waals surface area contributed by atoms with Crippen molar-refractivity contribution in [1.82, 2.24) is 0 Å².